The average Bonchev–Trinajstić information content (AvgIpc) is 3.11. The van der Waals surface area contributed by atoms with E-state index in [1.54, 1.807) is 19.2 Å². The van der Waals surface area contributed by atoms with Gasteiger partial charge in [-0.05, 0) is 26.0 Å². The Balaban J connectivity index is 2.05. The molecule has 1 aromatic carbocycles. The van der Waals surface area contributed by atoms with E-state index in [1.165, 1.54) is 6.07 Å². The number of nitriles is 1. The number of hydrogen-bond acceptors (Lipinski definition) is 4. The number of aromatic nitrogens is 2. The number of H-pyrrole nitrogens is 1. The summed E-state index contributed by atoms with van der Waals surface area (Å²) in [6, 6.07) is 6.61. The van der Waals surface area contributed by atoms with E-state index in [4.69, 9.17) is 4.74 Å². The SMILES string of the molecule is CO[C@@H]1C[C@@H](c2nc(C)c(C)[nH]2)N(c2cccc(F)c2C#N)C1. The van der Waals surface area contributed by atoms with E-state index in [1.807, 2.05) is 24.8 Å². The first-order valence-electron chi connectivity index (χ1n) is 7.56. The summed E-state index contributed by atoms with van der Waals surface area (Å²) >= 11 is 0. The first kappa shape index (κ1) is 15.5. The fraction of sp³-hybridized carbons (Fsp3) is 0.412. The molecule has 2 aromatic rings. The van der Waals surface area contributed by atoms with Crippen LogP contribution in [0.2, 0.25) is 0 Å². The number of aryl methyl sites for hydroxylation is 2. The van der Waals surface area contributed by atoms with Gasteiger partial charge in [0.1, 0.15) is 23.3 Å². The van der Waals surface area contributed by atoms with Crippen LogP contribution in [0.25, 0.3) is 0 Å². The number of imidazole rings is 1. The summed E-state index contributed by atoms with van der Waals surface area (Å²) in [5.74, 6) is 0.323. The van der Waals surface area contributed by atoms with Gasteiger partial charge >= 0.3 is 0 Å². The molecule has 0 amide bonds. The van der Waals surface area contributed by atoms with Crippen molar-refractivity contribution in [3.63, 3.8) is 0 Å². The van der Waals surface area contributed by atoms with Crippen LogP contribution in [0.4, 0.5) is 10.1 Å². The molecule has 0 radical (unpaired) electrons. The van der Waals surface area contributed by atoms with Gasteiger partial charge in [-0.2, -0.15) is 5.26 Å². The molecule has 5 nitrogen and oxygen atoms in total. The van der Waals surface area contributed by atoms with Crippen LogP contribution in [-0.4, -0.2) is 29.7 Å². The summed E-state index contributed by atoms with van der Waals surface area (Å²) in [5, 5.41) is 9.32. The molecule has 0 bridgehead atoms. The van der Waals surface area contributed by atoms with E-state index >= 15 is 0 Å². The van der Waals surface area contributed by atoms with Gasteiger partial charge in [-0.3, -0.25) is 0 Å². The highest BCUT2D eigenvalue weighted by Crippen LogP contribution is 2.38. The molecule has 1 aliphatic heterocycles. The number of hydrogen-bond donors (Lipinski definition) is 1. The largest absolute Gasteiger partial charge is 0.380 e. The van der Waals surface area contributed by atoms with Gasteiger partial charge in [0.2, 0.25) is 0 Å². The second-order valence-electron chi connectivity index (χ2n) is 5.84. The van der Waals surface area contributed by atoms with Crippen molar-refractivity contribution in [2.75, 3.05) is 18.6 Å². The molecule has 3 rings (SSSR count). The summed E-state index contributed by atoms with van der Waals surface area (Å²) in [4.78, 5) is 9.89. The van der Waals surface area contributed by atoms with Gasteiger partial charge in [-0.1, -0.05) is 6.07 Å². The molecular formula is C17H19FN4O. The zero-order chi connectivity index (χ0) is 16.6. The van der Waals surface area contributed by atoms with Crippen molar-refractivity contribution in [3.05, 3.63) is 46.8 Å². The van der Waals surface area contributed by atoms with Crippen LogP contribution >= 0.6 is 0 Å². The first-order valence-corrected chi connectivity index (χ1v) is 7.56. The van der Waals surface area contributed by atoms with Crippen molar-refractivity contribution in [1.29, 1.82) is 5.26 Å². The number of ether oxygens (including phenoxy) is 1. The fourth-order valence-corrected chi connectivity index (χ4v) is 3.09. The zero-order valence-electron chi connectivity index (χ0n) is 13.4. The number of halogens is 1. The minimum atomic E-state index is -0.503. The van der Waals surface area contributed by atoms with E-state index < -0.39 is 5.82 Å². The van der Waals surface area contributed by atoms with Crippen LogP contribution in [0.3, 0.4) is 0 Å². The molecule has 1 saturated heterocycles. The average molecular weight is 314 g/mol. The first-order chi connectivity index (χ1) is 11.0. The van der Waals surface area contributed by atoms with E-state index in [2.05, 4.69) is 9.97 Å². The van der Waals surface area contributed by atoms with E-state index in [0.29, 0.717) is 12.2 Å². The van der Waals surface area contributed by atoms with Crippen molar-refractivity contribution in [2.45, 2.75) is 32.4 Å². The molecule has 6 heteroatoms. The molecule has 120 valence electrons. The summed E-state index contributed by atoms with van der Waals surface area (Å²) in [5.41, 5.74) is 2.61. The maximum absolute atomic E-state index is 14.0. The third-order valence-electron chi connectivity index (χ3n) is 4.47. The topological polar surface area (TPSA) is 64.9 Å². The summed E-state index contributed by atoms with van der Waals surface area (Å²) in [6.07, 6.45) is 0.755. The fourth-order valence-electron chi connectivity index (χ4n) is 3.09. The number of nitrogens with zero attached hydrogens (tertiary/aromatic N) is 3. The van der Waals surface area contributed by atoms with Gasteiger partial charge < -0.3 is 14.6 Å². The highest BCUT2D eigenvalue weighted by Gasteiger charge is 2.36. The number of benzene rings is 1. The predicted octanol–water partition coefficient (Wildman–Crippen LogP) is 3.00. The number of nitrogens with one attached hydrogen (secondary N) is 1. The summed E-state index contributed by atoms with van der Waals surface area (Å²) in [7, 11) is 1.67. The normalized spacial score (nSPS) is 20.7. The number of anilines is 1. The Morgan fingerprint density at radius 1 is 1.43 bits per heavy atom. The standard InChI is InChI=1S/C17H19FN4O/c1-10-11(2)21-17(20-10)16-7-12(23-3)9-22(16)15-6-4-5-14(18)13(15)8-19/h4-6,12,16H,7,9H2,1-3H3,(H,20,21)/t12-,16+/m1/s1. The van der Waals surface area contributed by atoms with Crippen molar-refractivity contribution < 1.29 is 9.13 Å². The molecule has 0 saturated carbocycles. The monoisotopic (exact) mass is 314 g/mol. The Bertz CT molecular complexity index is 745. The molecule has 1 N–H and O–H groups in total. The van der Waals surface area contributed by atoms with Crippen LogP contribution in [-0.2, 0) is 4.74 Å². The van der Waals surface area contributed by atoms with Crippen molar-refractivity contribution >= 4 is 5.69 Å². The Kier molecular flexibility index (Phi) is 4.05. The van der Waals surface area contributed by atoms with Crippen molar-refractivity contribution in [2.24, 2.45) is 0 Å². The summed E-state index contributed by atoms with van der Waals surface area (Å²) < 4.78 is 19.5. The lowest BCUT2D eigenvalue weighted by molar-refractivity contribution is 0.118. The molecule has 1 aliphatic rings. The Labute approximate surface area is 134 Å². The van der Waals surface area contributed by atoms with Gasteiger partial charge in [-0.15, -0.1) is 0 Å². The molecule has 0 spiro atoms. The van der Waals surface area contributed by atoms with Crippen LogP contribution in [0.1, 0.15) is 35.2 Å². The Hall–Kier alpha value is -2.39. The smallest absolute Gasteiger partial charge is 0.143 e. The molecule has 0 aliphatic carbocycles. The Morgan fingerprint density at radius 2 is 2.22 bits per heavy atom. The van der Waals surface area contributed by atoms with Gasteiger partial charge in [0.15, 0.2) is 0 Å². The van der Waals surface area contributed by atoms with Gasteiger partial charge in [0.25, 0.3) is 0 Å². The zero-order valence-corrected chi connectivity index (χ0v) is 13.4. The lowest BCUT2D eigenvalue weighted by Gasteiger charge is -2.26. The molecule has 0 unspecified atom stereocenters. The van der Waals surface area contributed by atoms with Crippen LogP contribution in [0, 0.1) is 31.0 Å². The third kappa shape index (κ3) is 2.68. The molecule has 2 heterocycles. The molecule has 1 fully saturated rings. The lowest BCUT2D eigenvalue weighted by Crippen LogP contribution is -2.26. The highest BCUT2D eigenvalue weighted by molar-refractivity contribution is 5.61. The van der Waals surface area contributed by atoms with Gasteiger partial charge in [-0.25, -0.2) is 9.37 Å². The van der Waals surface area contributed by atoms with Gasteiger partial charge in [0, 0.05) is 25.8 Å². The number of rotatable bonds is 3. The molecule has 23 heavy (non-hydrogen) atoms. The van der Waals surface area contributed by atoms with E-state index in [9.17, 15) is 9.65 Å². The minimum Gasteiger partial charge on any atom is -0.380 e. The molecular weight excluding hydrogens is 295 g/mol. The van der Waals surface area contributed by atoms with Crippen LogP contribution in [0.15, 0.2) is 18.2 Å². The second kappa shape index (κ2) is 6.01. The minimum absolute atomic E-state index is 0.0144. The van der Waals surface area contributed by atoms with Crippen molar-refractivity contribution in [1.82, 2.24) is 9.97 Å². The molecule has 1 aromatic heterocycles. The number of aromatic amines is 1. The van der Waals surface area contributed by atoms with Crippen LogP contribution < -0.4 is 4.90 Å². The lowest BCUT2D eigenvalue weighted by atomic mass is 10.1. The maximum Gasteiger partial charge on any atom is 0.143 e. The third-order valence-corrected chi connectivity index (χ3v) is 4.47. The Morgan fingerprint density at radius 3 is 2.83 bits per heavy atom. The van der Waals surface area contributed by atoms with E-state index in [0.717, 1.165) is 23.6 Å². The van der Waals surface area contributed by atoms with Gasteiger partial charge in [0.05, 0.1) is 23.5 Å². The maximum atomic E-state index is 14.0. The van der Waals surface area contributed by atoms with E-state index in [-0.39, 0.29) is 17.7 Å². The summed E-state index contributed by atoms with van der Waals surface area (Å²) in [6.45, 7) is 4.52. The van der Waals surface area contributed by atoms with Crippen molar-refractivity contribution in [3.8, 4) is 6.07 Å². The molecule has 2 atom stereocenters. The second-order valence-corrected chi connectivity index (χ2v) is 5.84. The highest BCUT2D eigenvalue weighted by atomic mass is 19.1. The predicted molar refractivity (Wildman–Crippen MR) is 84.7 cm³/mol. The quantitative estimate of drug-likeness (QED) is 0.946. The number of methoxy groups -OCH3 is 1. The van der Waals surface area contributed by atoms with Crippen LogP contribution in [0.5, 0.6) is 0 Å².